The van der Waals surface area contributed by atoms with Gasteiger partial charge in [0.05, 0.1) is 23.3 Å². The normalized spacial score (nSPS) is 14.5. The van der Waals surface area contributed by atoms with Gasteiger partial charge in [-0.05, 0) is 24.6 Å². The number of nitrogens with two attached hydrogens (primary N) is 1. The van der Waals surface area contributed by atoms with Gasteiger partial charge in [0, 0.05) is 30.4 Å². The molecule has 1 aromatic carbocycles. The predicted octanol–water partition coefficient (Wildman–Crippen LogP) is 0.258. The molecule has 2 unspecified atom stereocenters. The van der Waals surface area contributed by atoms with Crippen LogP contribution in [0.5, 0.6) is 0 Å². The number of aliphatic hydroxyl groups excluding tert-OH is 1. The van der Waals surface area contributed by atoms with Crippen molar-refractivity contribution in [3.05, 3.63) is 58.2 Å². The van der Waals surface area contributed by atoms with Gasteiger partial charge in [0.2, 0.25) is 5.91 Å². The number of nitrogens with zero attached hydrogens (tertiary/aromatic N) is 2. The molecule has 6 N–H and O–H groups in total. The van der Waals surface area contributed by atoms with Crippen LogP contribution in [-0.4, -0.2) is 67.4 Å². The zero-order valence-electron chi connectivity index (χ0n) is 18.4. The van der Waals surface area contributed by atoms with Crippen molar-refractivity contribution in [3.8, 4) is 0 Å². The lowest BCUT2D eigenvalue weighted by molar-refractivity contribution is -0.384. The average molecular weight is 531 g/mol. The number of H-pyrrole nitrogens is 1. The minimum absolute atomic E-state index is 0.00462. The highest BCUT2D eigenvalue weighted by atomic mass is 35.5. The number of carbonyl (C=O) groups is 3. The second kappa shape index (κ2) is 13.0. The summed E-state index contributed by atoms with van der Waals surface area (Å²) in [6, 6.07) is 1.62. The SMILES string of the molecule is CC(N)C(=O)NC(Cc1cnc[nH]1)C(=O)OC[C@@H](NC(=O)C(Cl)Cl)[C@H](O)c1ccc([N+](=O)[O-])cc1. The van der Waals surface area contributed by atoms with Gasteiger partial charge in [-0.1, -0.05) is 23.2 Å². The Labute approximate surface area is 209 Å². The number of hydrogen-bond donors (Lipinski definition) is 5. The van der Waals surface area contributed by atoms with Crippen molar-refractivity contribution < 1.29 is 29.2 Å². The molecule has 0 aliphatic rings. The molecule has 2 rings (SSSR count). The van der Waals surface area contributed by atoms with E-state index in [9.17, 15) is 29.6 Å². The summed E-state index contributed by atoms with van der Waals surface area (Å²) in [5.74, 6) is -2.35. The molecule has 1 aromatic heterocycles. The molecule has 15 heteroatoms. The summed E-state index contributed by atoms with van der Waals surface area (Å²) >= 11 is 11.2. The lowest BCUT2D eigenvalue weighted by atomic mass is 10.0. The van der Waals surface area contributed by atoms with E-state index in [4.69, 9.17) is 33.7 Å². The van der Waals surface area contributed by atoms with Gasteiger partial charge in [-0.25, -0.2) is 9.78 Å². The number of nitro benzene ring substituents is 1. The van der Waals surface area contributed by atoms with E-state index in [1.165, 1.54) is 43.7 Å². The third kappa shape index (κ3) is 8.47. The van der Waals surface area contributed by atoms with Crippen molar-refractivity contribution in [1.29, 1.82) is 0 Å². The van der Waals surface area contributed by atoms with Crippen molar-refractivity contribution >= 4 is 46.7 Å². The van der Waals surface area contributed by atoms with Crippen LogP contribution in [0.15, 0.2) is 36.8 Å². The number of ether oxygens (including phenoxy) is 1. The summed E-state index contributed by atoms with van der Waals surface area (Å²) in [6.45, 7) is 0.894. The van der Waals surface area contributed by atoms with Gasteiger partial charge in [-0.3, -0.25) is 19.7 Å². The van der Waals surface area contributed by atoms with E-state index >= 15 is 0 Å². The van der Waals surface area contributed by atoms with Crippen LogP contribution in [0, 0.1) is 10.1 Å². The standard InChI is InChI=1S/C20H24Cl2N6O7/c1-10(23)18(30)26-14(6-12-7-24-9-25-12)20(32)35-8-15(27-19(31)17(21)22)16(29)11-2-4-13(5-3-11)28(33)34/h2-5,7,9-10,14-17,29H,6,8,23H2,1H3,(H,24,25)(H,26,30)(H,27,31)/t10?,14?,15-,16-/m1/s1. The Hall–Kier alpha value is -3.26. The molecular weight excluding hydrogens is 507 g/mol. The number of carbonyl (C=O) groups excluding carboxylic acids is 3. The molecule has 0 aliphatic carbocycles. The first-order valence-corrected chi connectivity index (χ1v) is 11.1. The number of aromatic nitrogens is 2. The first kappa shape index (κ1) is 28.0. The largest absolute Gasteiger partial charge is 0.462 e. The third-order valence-electron chi connectivity index (χ3n) is 4.75. The number of benzene rings is 1. The molecule has 1 heterocycles. The van der Waals surface area contributed by atoms with Crippen LogP contribution in [0.3, 0.4) is 0 Å². The van der Waals surface area contributed by atoms with E-state index < -0.39 is 58.4 Å². The molecule has 2 amide bonds. The van der Waals surface area contributed by atoms with Crippen LogP contribution in [0.25, 0.3) is 0 Å². The Morgan fingerprint density at radius 3 is 2.40 bits per heavy atom. The fraction of sp³-hybridized carbons (Fsp3) is 0.400. The quantitative estimate of drug-likeness (QED) is 0.110. The number of non-ortho nitro benzene ring substituents is 1. The van der Waals surface area contributed by atoms with Crippen LogP contribution in [0.2, 0.25) is 0 Å². The monoisotopic (exact) mass is 530 g/mol. The summed E-state index contributed by atoms with van der Waals surface area (Å²) in [5.41, 5.74) is 6.08. The summed E-state index contributed by atoms with van der Waals surface area (Å²) in [4.78, 5) is 52.3. The summed E-state index contributed by atoms with van der Waals surface area (Å²) in [6.07, 6.45) is 1.40. The molecule has 35 heavy (non-hydrogen) atoms. The number of amides is 2. The second-order valence-corrected chi connectivity index (χ2v) is 8.57. The molecule has 0 fully saturated rings. The number of nitrogens with one attached hydrogen (secondary N) is 3. The first-order valence-electron chi connectivity index (χ1n) is 10.2. The van der Waals surface area contributed by atoms with E-state index in [1.807, 2.05) is 0 Å². The molecular formula is C20H24Cl2N6O7. The Morgan fingerprint density at radius 2 is 1.89 bits per heavy atom. The molecule has 190 valence electrons. The van der Waals surface area contributed by atoms with Gasteiger partial charge < -0.3 is 31.2 Å². The number of aromatic amines is 1. The molecule has 0 saturated heterocycles. The number of esters is 1. The summed E-state index contributed by atoms with van der Waals surface area (Å²) in [7, 11) is 0. The van der Waals surface area contributed by atoms with Gasteiger partial charge in [-0.15, -0.1) is 0 Å². The highest BCUT2D eigenvalue weighted by Gasteiger charge is 2.30. The van der Waals surface area contributed by atoms with Crippen molar-refractivity contribution in [1.82, 2.24) is 20.6 Å². The highest BCUT2D eigenvalue weighted by molar-refractivity contribution is 6.53. The number of nitro groups is 1. The van der Waals surface area contributed by atoms with Gasteiger partial charge in [-0.2, -0.15) is 0 Å². The maximum absolute atomic E-state index is 12.8. The van der Waals surface area contributed by atoms with Crippen LogP contribution in [0.1, 0.15) is 24.3 Å². The molecule has 0 spiro atoms. The Kier molecular flexibility index (Phi) is 10.4. The first-order chi connectivity index (χ1) is 16.5. The summed E-state index contributed by atoms with van der Waals surface area (Å²) in [5, 5.41) is 26.5. The Balaban J connectivity index is 2.18. The van der Waals surface area contributed by atoms with Crippen LogP contribution in [-0.2, 0) is 25.5 Å². The molecule has 0 radical (unpaired) electrons. The lowest BCUT2D eigenvalue weighted by Crippen LogP contribution is -2.50. The van der Waals surface area contributed by atoms with Crippen molar-refractivity contribution in [2.45, 2.75) is 42.4 Å². The smallest absolute Gasteiger partial charge is 0.329 e. The van der Waals surface area contributed by atoms with Crippen LogP contribution in [0.4, 0.5) is 5.69 Å². The van der Waals surface area contributed by atoms with Crippen molar-refractivity contribution in [2.24, 2.45) is 5.73 Å². The number of rotatable bonds is 12. The molecule has 0 bridgehead atoms. The minimum atomic E-state index is -1.48. The zero-order valence-corrected chi connectivity index (χ0v) is 19.9. The van der Waals surface area contributed by atoms with Gasteiger partial charge in [0.25, 0.3) is 11.6 Å². The number of alkyl halides is 2. The van der Waals surface area contributed by atoms with E-state index in [1.54, 1.807) is 0 Å². The zero-order chi connectivity index (χ0) is 26.1. The van der Waals surface area contributed by atoms with E-state index in [0.29, 0.717) is 5.69 Å². The predicted molar refractivity (Wildman–Crippen MR) is 124 cm³/mol. The fourth-order valence-corrected chi connectivity index (χ4v) is 2.99. The van der Waals surface area contributed by atoms with Crippen LogP contribution >= 0.6 is 23.2 Å². The average Bonchev–Trinajstić information content (AvgIpc) is 3.33. The van der Waals surface area contributed by atoms with Crippen LogP contribution < -0.4 is 16.4 Å². The molecule has 0 aliphatic heterocycles. The lowest BCUT2D eigenvalue weighted by Gasteiger charge is -2.26. The Bertz CT molecular complexity index is 1020. The van der Waals surface area contributed by atoms with E-state index in [-0.39, 0.29) is 17.7 Å². The minimum Gasteiger partial charge on any atom is -0.462 e. The topological polar surface area (TPSA) is 203 Å². The molecule has 2 aromatic rings. The second-order valence-electron chi connectivity index (χ2n) is 7.47. The Morgan fingerprint density at radius 1 is 1.23 bits per heavy atom. The van der Waals surface area contributed by atoms with E-state index in [2.05, 4.69) is 20.6 Å². The van der Waals surface area contributed by atoms with Gasteiger partial charge in [0.1, 0.15) is 18.8 Å². The van der Waals surface area contributed by atoms with Gasteiger partial charge in [0.15, 0.2) is 4.84 Å². The summed E-state index contributed by atoms with van der Waals surface area (Å²) < 4.78 is 5.28. The number of imidazole rings is 1. The number of aliphatic hydroxyl groups is 1. The van der Waals surface area contributed by atoms with E-state index in [0.717, 1.165) is 0 Å². The van der Waals surface area contributed by atoms with Crippen molar-refractivity contribution in [2.75, 3.05) is 6.61 Å². The molecule has 0 saturated carbocycles. The maximum Gasteiger partial charge on any atom is 0.329 e. The number of halogens is 2. The molecule has 13 nitrogen and oxygen atoms in total. The molecule has 4 atom stereocenters. The third-order valence-corrected chi connectivity index (χ3v) is 5.15. The van der Waals surface area contributed by atoms with Crippen molar-refractivity contribution in [3.63, 3.8) is 0 Å². The maximum atomic E-state index is 12.8. The fourth-order valence-electron chi connectivity index (χ4n) is 2.87. The van der Waals surface area contributed by atoms with Gasteiger partial charge >= 0.3 is 5.97 Å². The number of hydrogen-bond acceptors (Lipinski definition) is 9. The highest BCUT2D eigenvalue weighted by Crippen LogP contribution is 2.21.